The van der Waals surface area contributed by atoms with Gasteiger partial charge in [0.05, 0.1) is 12.0 Å². The van der Waals surface area contributed by atoms with Crippen molar-refractivity contribution in [3.05, 3.63) is 33.9 Å². The molecule has 1 fully saturated rings. The van der Waals surface area contributed by atoms with Crippen molar-refractivity contribution in [1.82, 2.24) is 5.32 Å². The van der Waals surface area contributed by atoms with Crippen LogP contribution in [0.1, 0.15) is 12.5 Å². The Morgan fingerprint density at radius 3 is 2.95 bits per heavy atom. The van der Waals surface area contributed by atoms with Crippen molar-refractivity contribution in [2.45, 2.75) is 19.4 Å². The van der Waals surface area contributed by atoms with E-state index in [0.717, 1.165) is 35.8 Å². The van der Waals surface area contributed by atoms with Gasteiger partial charge >= 0.3 is 0 Å². The second-order valence-corrected chi connectivity index (χ2v) is 5.99. The molecule has 2 unspecified atom stereocenters. The summed E-state index contributed by atoms with van der Waals surface area (Å²) in [5, 5.41) is 14.4. The van der Waals surface area contributed by atoms with E-state index in [0.29, 0.717) is 12.0 Å². The van der Waals surface area contributed by atoms with Gasteiger partial charge in [-0.05, 0) is 30.7 Å². The number of nitro groups is 1. The number of non-ortho nitro benzene ring substituents is 1. The van der Waals surface area contributed by atoms with Crippen molar-refractivity contribution in [2.75, 3.05) is 25.2 Å². The molecule has 110 valence electrons. The molecular weight excluding hydrogens is 276 g/mol. The fourth-order valence-electron chi connectivity index (χ4n) is 2.61. The Bertz CT molecular complexity index is 481. The molecule has 6 heteroatoms. The average molecular weight is 296 g/mol. The average Bonchev–Trinajstić information content (AvgIpc) is 2.86. The molecule has 0 amide bonds. The third-order valence-electron chi connectivity index (χ3n) is 3.62. The monoisotopic (exact) mass is 296 g/mol. The van der Waals surface area contributed by atoms with Crippen molar-refractivity contribution in [3.63, 3.8) is 0 Å². The van der Waals surface area contributed by atoms with Gasteiger partial charge in [-0.2, -0.15) is 11.8 Å². The molecular formula is C14H20N2O3S. The highest BCUT2D eigenvalue weighted by atomic mass is 32.2. The highest BCUT2D eigenvalue weighted by Gasteiger charge is 2.28. The molecule has 20 heavy (non-hydrogen) atoms. The van der Waals surface area contributed by atoms with Gasteiger partial charge in [-0.25, -0.2) is 0 Å². The van der Waals surface area contributed by atoms with Gasteiger partial charge in [-0.15, -0.1) is 0 Å². The van der Waals surface area contributed by atoms with Gasteiger partial charge in [0.2, 0.25) is 0 Å². The summed E-state index contributed by atoms with van der Waals surface area (Å²) in [5.74, 6) is 3.43. The molecule has 1 aliphatic rings. The van der Waals surface area contributed by atoms with E-state index in [-0.39, 0.29) is 10.6 Å². The molecule has 2 atom stereocenters. The molecule has 5 nitrogen and oxygen atoms in total. The smallest absolute Gasteiger partial charge is 0.269 e. The van der Waals surface area contributed by atoms with E-state index in [1.54, 1.807) is 19.2 Å². The number of benzene rings is 1. The summed E-state index contributed by atoms with van der Waals surface area (Å²) in [6.07, 6.45) is 0.815. The highest BCUT2D eigenvalue weighted by molar-refractivity contribution is 7.99. The fourth-order valence-corrected chi connectivity index (χ4v) is 4.04. The predicted octanol–water partition coefficient (Wildman–Crippen LogP) is 2.49. The zero-order valence-corrected chi connectivity index (χ0v) is 12.6. The van der Waals surface area contributed by atoms with Crippen molar-refractivity contribution in [2.24, 2.45) is 5.92 Å². The predicted molar refractivity (Wildman–Crippen MR) is 81.6 cm³/mol. The van der Waals surface area contributed by atoms with Gasteiger partial charge in [0.15, 0.2) is 0 Å². The van der Waals surface area contributed by atoms with Crippen LogP contribution < -0.4 is 10.1 Å². The van der Waals surface area contributed by atoms with E-state index in [9.17, 15) is 10.1 Å². The van der Waals surface area contributed by atoms with Crippen molar-refractivity contribution in [1.29, 1.82) is 0 Å². The van der Waals surface area contributed by atoms with Crippen LogP contribution in [0.5, 0.6) is 5.75 Å². The van der Waals surface area contributed by atoms with Gasteiger partial charge in [-0.1, -0.05) is 6.92 Å². The molecule has 1 aromatic rings. The molecule has 1 aliphatic heterocycles. The highest BCUT2D eigenvalue weighted by Crippen LogP contribution is 2.32. The van der Waals surface area contributed by atoms with Crippen LogP contribution >= 0.6 is 11.8 Å². The minimum atomic E-state index is -0.353. The first-order valence-corrected chi connectivity index (χ1v) is 7.93. The lowest BCUT2D eigenvalue weighted by atomic mass is 9.94. The molecule has 1 saturated heterocycles. The van der Waals surface area contributed by atoms with Crippen LogP contribution in [0.4, 0.5) is 5.69 Å². The normalized spacial score (nSPS) is 21.9. The maximum atomic E-state index is 10.9. The number of nitrogens with one attached hydrogen (secondary N) is 1. The standard InChI is InChI=1S/C14H20N2O3S/c1-3-15-13-9-20-8-11(13)6-10-7-12(16(17)18)4-5-14(10)19-2/h4-5,7,11,13,15H,3,6,8-9H2,1-2H3. The second-order valence-electron chi connectivity index (χ2n) is 4.92. The topological polar surface area (TPSA) is 64.4 Å². The zero-order chi connectivity index (χ0) is 14.5. The van der Waals surface area contributed by atoms with Gasteiger partial charge < -0.3 is 10.1 Å². The van der Waals surface area contributed by atoms with Crippen LogP contribution in [0.3, 0.4) is 0 Å². The Morgan fingerprint density at radius 2 is 2.30 bits per heavy atom. The van der Waals surface area contributed by atoms with Gasteiger partial charge in [-0.3, -0.25) is 10.1 Å². The van der Waals surface area contributed by atoms with Crippen molar-refractivity contribution < 1.29 is 9.66 Å². The first kappa shape index (κ1) is 15.1. The lowest BCUT2D eigenvalue weighted by Gasteiger charge is -2.20. The second kappa shape index (κ2) is 6.95. The molecule has 0 bridgehead atoms. The molecule has 2 rings (SSSR count). The summed E-state index contributed by atoms with van der Waals surface area (Å²) >= 11 is 1.94. The number of methoxy groups -OCH3 is 1. The van der Waals surface area contributed by atoms with E-state index >= 15 is 0 Å². The lowest BCUT2D eigenvalue weighted by molar-refractivity contribution is -0.384. The zero-order valence-electron chi connectivity index (χ0n) is 11.8. The largest absolute Gasteiger partial charge is 0.496 e. The molecule has 1 N–H and O–H groups in total. The van der Waals surface area contributed by atoms with Gasteiger partial charge in [0, 0.05) is 29.5 Å². The summed E-state index contributed by atoms with van der Waals surface area (Å²) < 4.78 is 5.34. The molecule has 0 aliphatic carbocycles. The fraction of sp³-hybridized carbons (Fsp3) is 0.571. The Kier molecular flexibility index (Phi) is 5.25. The number of nitro benzene ring substituents is 1. The van der Waals surface area contributed by atoms with E-state index in [4.69, 9.17) is 4.74 Å². The van der Waals surface area contributed by atoms with E-state index < -0.39 is 0 Å². The van der Waals surface area contributed by atoms with E-state index in [1.807, 2.05) is 11.8 Å². The minimum absolute atomic E-state index is 0.131. The summed E-state index contributed by atoms with van der Waals surface area (Å²) in [5.41, 5.74) is 1.06. The van der Waals surface area contributed by atoms with Crippen LogP contribution in [0.15, 0.2) is 18.2 Å². The Labute approximate surface area is 123 Å². The Morgan fingerprint density at radius 1 is 1.50 bits per heavy atom. The number of hydrogen-bond donors (Lipinski definition) is 1. The van der Waals surface area contributed by atoms with Crippen LogP contribution in [-0.2, 0) is 6.42 Å². The Hall–Kier alpha value is -1.27. The summed E-state index contributed by atoms with van der Waals surface area (Å²) in [7, 11) is 1.61. The molecule has 0 saturated carbocycles. The first-order valence-electron chi connectivity index (χ1n) is 6.78. The molecule has 0 radical (unpaired) electrons. The SMILES string of the molecule is CCNC1CSCC1Cc1cc([N+](=O)[O-])ccc1OC. The number of rotatable bonds is 6. The van der Waals surface area contributed by atoms with E-state index in [2.05, 4.69) is 12.2 Å². The number of ether oxygens (including phenoxy) is 1. The number of hydrogen-bond acceptors (Lipinski definition) is 5. The number of nitrogens with zero attached hydrogens (tertiary/aromatic N) is 1. The first-order chi connectivity index (χ1) is 9.65. The molecule has 1 aromatic carbocycles. The third-order valence-corrected chi connectivity index (χ3v) is 4.88. The lowest BCUT2D eigenvalue weighted by Crippen LogP contribution is -2.36. The van der Waals surface area contributed by atoms with Gasteiger partial charge in [0.25, 0.3) is 5.69 Å². The van der Waals surface area contributed by atoms with Crippen molar-refractivity contribution >= 4 is 17.4 Å². The Balaban J connectivity index is 2.18. The minimum Gasteiger partial charge on any atom is -0.496 e. The quantitative estimate of drug-likeness (QED) is 0.645. The molecule has 0 spiro atoms. The van der Waals surface area contributed by atoms with Crippen LogP contribution in [0.2, 0.25) is 0 Å². The van der Waals surface area contributed by atoms with Crippen LogP contribution in [0, 0.1) is 16.0 Å². The molecule has 1 heterocycles. The summed E-state index contributed by atoms with van der Waals surface area (Å²) in [4.78, 5) is 10.6. The summed E-state index contributed by atoms with van der Waals surface area (Å²) in [6, 6.07) is 5.31. The van der Waals surface area contributed by atoms with E-state index in [1.165, 1.54) is 6.07 Å². The maximum absolute atomic E-state index is 10.9. The van der Waals surface area contributed by atoms with Gasteiger partial charge in [0.1, 0.15) is 5.75 Å². The van der Waals surface area contributed by atoms with Crippen LogP contribution in [0.25, 0.3) is 0 Å². The van der Waals surface area contributed by atoms with Crippen LogP contribution in [-0.4, -0.2) is 36.1 Å². The van der Waals surface area contributed by atoms with Crippen molar-refractivity contribution in [3.8, 4) is 5.75 Å². The molecule has 0 aromatic heterocycles. The number of thioether (sulfide) groups is 1. The summed E-state index contributed by atoms with van der Waals surface area (Å²) in [6.45, 7) is 3.06. The third kappa shape index (κ3) is 3.43. The maximum Gasteiger partial charge on any atom is 0.269 e.